The van der Waals surface area contributed by atoms with Gasteiger partial charge < -0.3 is 23.4 Å². The van der Waals surface area contributed by atoms with Gasteiger partial charge in [-0.05, 0) is 12.5 Å². The first-order valence-electron chi connectivity index (χ1n) is 12.2. The summed E-state index contributed by atoms with van der Waals surface area (Å²) in [5.41, 5.74) is 0.770. The highest BCUT2D eigenvalue weighted by molar-refractivity contribution is 6.87. The Hall–Kier alpha value is -1.15. The standard InChI is InChI=1S/C25H46O6Si/c1-7-8-9-10-11-12-13-14-15-16-22(26)31-24(25(28-3)29-18-17-27-2)21-19-23(30-20-21)32(4,5)6/h19-20,24-25H,7-18H2,1-6H3. The first-order chi connectivity index (χ1) is 15.3. The SMILES string of the molecule is CCCCCCCCCCCC(=O)OC(c1coc([Si](C)(C)C)c1)C(OC)OCCOC. The lowest BCUT2D eigenvalue weighted by atomic mass is 10.1. The van der Waals surface area contributed by atoms with Crippen LogP contribution >= 0.6 is 0 Å². The van der Waals surface area contributed by atoms with Crippen molar-refractivity contribution < 1.29 is 28.2 Å². The molecule has 186 valence electrons. The number of carbonyl (C=O) groups is 1. The molecule has 2 atom stereocenters. The van der Waals surface area contributed by atoms with E-state index in [0.717, 1.165) is 23.8 Å². The summed E-state index contributed by atoms with van der Waals surface area (Å²) in [4.78, 5) is 12.6. The quantitative estimate of drug-likeness (QED) is 0.107. The molecule has 0 aliphatic carbocycles. The van der Waals surface area contributed by atoms with E-state index in [1.807, 2.05) is 6.07 Å². The number of esters is 1. The molecule has 1 aromatic rings. The van der Waals surface area contributed by atoms with Gasteiger partial charge in [0, 0.05) is 26.2 Å². The van der Waals surface area contributed by atoms with E-state index in [0.29, 0.717) is 19.6 Å². The van der Waals surface area contributed by atoms with Crippen molar-refractivity contribution in [2.24, 2.45) is 0 Å². The molecule has 1 aromatic heterocycles. The molecular formula is C25H46O6Si. The summed E-state index contributed by atoms with van der Waals surface area (Å²) in [6.45, 7) is 9.66. The third-order valence-electron chi connectivity index (χ3n) is 5.48. The average molecular weight is 471 g/mol. The zero-order valence-corrected chi connectivity index (χ0v) is 22.2. The lowest BCUT2D eigenvalue weighted by Gasteiger charge is -2.25. The summed E-state index contributed by atoms with van der Waals surface area (Å²) in [6.07, 6.45) is 11.6. The fourth-order valence-electron chi connectivity index (χ4n) is 3.48. The summed E-state index contributed by atoms with van der Waals surface area (Å²) >= 11 is 0. The van der Waals surface area contributed by atoms with Crippen molar-refractivity contribution in [1.29, 1.82) is 0 Å². The minimum atomic E-state index is -1.63. The summed E-state index contributed by atoms with van der Waals surface area (Å²) in [7, 11) is 1.54. The van der Waals surface area contributed by atoms with E-state index < -0.39 is 20.5 Å². The summed E-state index contributed by atoms with van der Waals surface area (Å²) in [5, 5.41) is 0.958. The number of rotatable bonds is 19. The maximum absolute atomic E-state index is 12.6. The van der Waals surface area contributed by atoms with Crippen LogP contribution in [0.2, 0.25) is 19.6 Å². The van der Waals surface area contributed by atoms with Crippen molar-refractivity contribution in [2.75, 3.05) is 27.4 Å². The van der Waals surface area contributed by atoms with Gasteiger partial charge in [0.2, 0.25) is 0 Å². The van der Waals surface area contributed by atoms with Gasteiger partial charge in [-0.1, -0.05) is 77.9 Å². The molecule has 0 saturated carbocycles. The monoisotopic (exact) mass is 470 g/mol. The van der Waals surface area contributed by atoms with E-state index in [1.165, 1.54) is 44.9 Å². The van der Waals surface area contributed by atoms with E-state index in [2.05, 4.69) is 26.6 Å². The fraction of sp³-hybridized carbons (Fsp3) is 0.800. The van der Waals surface area contributed by atoms with E-state index in [-0.39, 0.29) is 5.97 Å². The first-order valence-corrected chi connectivity index (χ1v) is 15.7. The number of ether oxygens (including phenoxy) is 4. The molecule has 2 unspecified atom stereocenters. The molecule has 0 fully saturated rings. The highest BCUT2D eigenvalue weighted by atomic mass is 28.3. The van der Waals surface area contributed by atoms with Crippen molar-refractivity contribution in [1.82, 2.24) is 0 Å². The van der Waals surface area contributed by atoms with Crippen LogP contribution in [0, 0.1) is 0 Å². The lowest BCUT2D eigenvalue weighted by Crippen LogP contribution is -2.36. The normalized spacial score (nSPS) is 13.8. The Bertz CT molecular complexity index is 610. The van der Waals surface area contributed by atoms with Crippen molar-refractivity contribution in [3.8, 4) is 0 Å². The number of hydrogen-bond acceptors (Lipinski definition) is 6. The van der Waals surface area contributed by atoms with Crippen LogP contribution in [0.5, 0.6) is 0 Å². The minimum Gasteiger partial charge on any atom is -0.474 e. The number of carbonyl (C=O) groups excluding carboxylic acids is 1. The molecule has 0 amide bonds. The summed E-state index contributed by atoms with van der Waals surface area (Å²) < 4.78 is 28.0. The zero-order valence-electron chi connectivity index (χ0n) is 21.2. The number of methoxy groups -OCH3 is 2. The van der Waals surface area contributed by atoms with Crippen molar-refractivity contribution in [3.05, 3.63) is 17.9 Å². The largest absolute Gasteiger partial charge is 0.474 e. The van der Waals surface area contributed by atoms with Crippen LogP contribution in [0.4, 0.5) is 0 Å². The molecular weight excluding hydrogens is 424 g/mol. The van der Waals surface area contributed by atoms with Gasteiger partial charge in [0.1, 0.15) is 8.07 Å². The predicted molar refractivity (Wildman–Crippen MR) is 131 cm³/mol. The van der Waals surface area contributed by atoms with Gasteiger partial charge in [-0.25, -0.2) is 0 Å². The van der Waals surface area contributed by atoms with Crippen LogP contribution < -0.4 is 5.38 Å². The van der Waals surface area contributed by atoms with Gasteiger partial charge in [0.05, 0.1) is 24.9 Å². The first kappa shape index (κ1) is 28.9. The molecule has 1 rings (SSSR count). The molecule has 0 aliphatic heterocycles. The summed E-state index contributed by atoms with van der Waals surface area (Å²) in [5.74, 6) is -0.230. The van der Waals surface area contributed by atoms with Crippen LogP contribution in [0.15, 0.2) is 16.7 Å². The third kappa shape index (κ3) is 11.6. The second-order valence-corrected chi connectivity index (χ2v) is 14.4. The second-order valence-electron chi connectivity index (χ2n) is 9.45. The lowest BCUT2D eigenvalue weighted by molar-refractivity contribution is -0.205. The Morgan fingerprint density at radius 1 is 0.969 bits per heavy atom. The molecule has 0 spiro atoms. The van der Waals surface area contributed by atoms with Gasteiger partial charge in [-0.3, -0.25) is 4.79 Å². The van der Waals surface area contributed by atoms with Gasteiger partial charge in [-0.15, -0.1) is 0 Å². The Morgan fingerprint density at radius 3 is 2.12 bits per heavy atom. The molecule has 32 heavy (non-hydrogen) atoms. The molecule has 0 aliphatic rings. The second kappa shape index (κ2) is 16.5. The smallest absolute Gasteiger partial charge is 0.306 e. The molecule has 0 aromatic carbocycles. The van der Waals surface area contributed by atoms with Crippen LogP contribution in [0.1, 0.15) is 82.8 Å². The van der Waals surface area contributed by atoms with E-state index in [9.17, 15) is 4.79 Å². The highest BCUT2D eigenvalue weighted by Crippen LogP contribution is 2.26. The molecule has 0 bridgehead atoms. The molecule has 0 radical (unpaired) electrons. The van der Waals surface area contributed by atoms with Crippen molar-refractivity contribution in [3.63, 3.8) is 0 Å². The minimum absolute atomic E-state index is 0.230. The highest BCUT2D eigenvalue weighted by Gasteiger charge is 2.31. The number of furan rings is 1. The van der Waals surface area contributed by atoms with Gasteiger partial charge in [-0.2, -0.15) is 0 Å². The van der Waals surface area contributed by atoms with Gasteiger partial charge in [0.15, 0.2) is 12.4 Å². The van der Waals surface area contributed by atoms with Gasteiger partial charge >= 0.3 is 5.97 Å². The van der Waals surface area contributed by atoms with Crippen LogP contribution in [0.3, 0.4) is 0 Å². The van der Waals surface area contributed by atoms with Crippen molar-refractivity contribution >= 4 is 19.4 Å². The fourth-order valence-corrected chi connectivity index (χ4v) is 4.49. The zero-order chi connectivity index (χ0) is 23.8. The molecule has 7 heteroatoms. The van der Waals surface area contributed by atoms with Gasteiger partial charge in [0.25, 0.3) is 0 Å². The van der Waals surface area contributed by atoms with Crippen LogP contribution in [-0.4, -0.2) is 47.8 Å². The molecule has 0 N–H and O–H groups in total. The van der Waals surface area contributed by atoms with E-state index in [4.69, 9.17) is 23.4 Å². The van der Waals surface area contributed by atoms with Crippen molar-refractivity contribution in [2.45, 2.75) is 103 Å². The average Bonchev–Trinajstić information content (AvgIpc) is 3.25. The number of hydrogen-bond donors (Lipinski definition) is 0. The maximum Gasteiger partial charge on any atom is 0.306 e. The molecule has 6 nitrogen and oxygen atoms in total. The Morgan fingerprint density at radius 2 is 1.59 bits per heavy atom. The number of unbranched alkanes of at least 4 members (excludes halogenated alkanes) is 8. The molecule has 0 saturated heterocycles. The maximum atomic E-state index is 12.6. The third-order valence-corrected chi connectivity index (χ3v) is 7.22. The van der Waals surface area contributed by atoms with Crippen LogP contribution in [-0.2, 0) is 23.7 Å². The predicted octanol–water partition coefficient (Wildman–Crippen LogP) is 5.97. The van der Waals surface area contributed by atoms with E-state index >= 15 is 0 Å². The Labute approximate surface area is 196 Å². The van der Waals surface area contributed by atoms with Crippen LogP contribution in [0.25, 0.3) is 0 Å². The topological polar surface area (TPSA) is 67.1 Å². The Kier molecular flexibility index (Phi) is 14.9. The Balaban J connectivity index is 2.59. The summed E-state index contributed by atoms with van der Waals surface area (Å²) in [6, 6.07) is 1.98. The molecule has 1 heterocycles. The van der Waals surface area contributed by atoms with E-state index in [1.54, 1.807) is 20.5 Å².